The maximum Gasteiger partial charge on any atom is 0.127 e. The molecule has 0 aliphatic heterocycles. The van der Waals surface area contributed by atoms with E-state index in [1.54, 1.807) is 6.07 Å². The Morgan fingerprint density at radius 1 is 1.35 bits per heavy atom. The minimum atomic E-state index is -0.620. The second kappa shape index (κ2) is 6.68. The highest BCUT2D eigenvalue weighted by Crippen LogP contribution is 2.32. The van der Waals surface area contributed by atoms with Crippen molar-refractivity contribution in [1.29, 1.82) is 0 Å². The van der Waals surface area contributed by atoms with Crippen molar-refractivity contribution in [1.82, 2.24) is 5.32 Å². The maximum atomic E-state index is 13.8. The molecule has 2 N–H and O–H groups in total. The predicted molar refractivity (Wildman–Crippen MR) is 80.0 cm³/mol. The van der Waals surface area contributed by atoms with E-state index in [0.29, 0.717) is 18.0 Å². The van der Waals surface area contributed by atoms with E-state index >= 15 is 0 Å². The molecule has 112 valence electrons. The summed E-state index contributed by atoms with van der Waals surface area (Å²) in [5.41, 5.74) is 0.0772. The van der Waals surface area contributed by atoms with Crippen LogP contribution in [-0.2, 0) is 0 Å². The van der Waals surface area contributed by atoms with Crippen molar-refractivity contribution >= 4 is 0 Å². The molecule has 20 heavy (non-hydrogen) atoms. The van der Waals surface area contributed by atoms with Gasteiger partial charge in [-0.2, -0.15) is 0 Å². The highest BCUT2D eigenvalue weighted by molar-refractivity contribution is 5.21. The Morgan fingerprint density at radius 2 is 2.00 bits per heavy atom. The van der Waals surface area contributed by atoms with Gasteiger partial charge in [0.15, 0.2) is 0 Å². The third-order valence-electron chi connectivity index (χ3n) is 4.57. The molecule has 1 saturated carbocycles. The molecular formula is C17H26FNO. The molecule has 0 radical (unpaired) electrons. The van der Waals surface area contributed by atoms with Crippen molar-refractivity contribution in [2.75, 3.05) is 6.54 Å². The fraction of sp³-hybridized carbons (Fsp3) is 0.647. The third kappa shape index (κ3) is 3.80. The molecule has 0 spiro atoms. The molecule has 0 bridgehead atoms. The summed E-state index contributed by atoms with van der Waals surface area (Å²) in [5.74, 6) is 0.542. The third-order valence-corrected chi connectivity index (χ3v) is 4.57. The first-order valence-corrected chi connectivity index (χ1v) is 7.74. The first kappa shape index (κ1) is 15.5. The average Bonchev–Trinajstić information content (AvgIpc) is 2.45. The van der Waals surface area contributed by atoms with Crippen molar-refractivity contribution in [2.24, 2.45) is 5.92 Å². The molecular weight excluding hydrogens is 253 g/mol. The summed E-state index contributed by atoms with van der Waals surface area (Å²) in [7, 11) is 0. The second-order valence-corrected chi connectivity index (χ2v) is 6.27. The number of hydrogen-bond acceptors (Lipinski definition) is 2. The van der Waals surface area contributed by atoms with Crippen molar-refractivity contribution in [2.45, 2.75) is 57.6 Å². The van der Waals surface area contributed by atoms with Gasteiger partial charge in [-0.3, -0.25) is 0 Å². The molecule has 3 heteroatoms. The van der Waals surface area contributed by atoms with Crippen LogP contribution in [0, 0.1) is 11.7 Å². The van der Waals surface area contributed by atoms with E-state index in [4.69, 9.17) is 0 Å². The molecule has 0 heterocycles. The zero-order valence-corrected chi connectivity index (χ0v) is 12.5. The second-order valence-electron chi connectivity index (χ2n) is 6.27. The Morgan fingerprint density at radius 3 is 2.60 bits per heavy atom. The highest BCUT2D eigenvalue weighted by Gasteiger charge is 2.32. The molecule has 1 fully saturated rings. The van der Waals surface area contributed by atoms with Gasteiger partial charge in [0, 0.05) is 18.2 Å². The largest absolute Gasteiger partial charge is 0.389 e. The number of benzene rings is 1. The standard InChI is InChI=1S/C17H26FNO/c1-3-16(14-6-4-5-7-15(14)18)19-12-17(20)10-8-13(2)9-11-17/h4-7,13,16,19-20H,3,8-12H2,1-2H3. The number of aliphatic hydroxyl groups is 1. The molecule has 0 saturated heterocycles. The molecule has 1 aliphatic carbocycles. The molecule has 1 aromatic carbocycles. The molecule has 2 rings (SSSR count). The zero-order valence-electron chi connectivity index (χ0n) is 12.5. The van der Waals surface area contributed by atoms with E-state index in [1.165, 1.54) is 6.07 Å². The normalized spacial score (nSPS) is 28.3. The molecule has 1 aromatic rings. The number of halogens is 1. The van der Waals surface area contributed by atoms with E-state index in [2.05, 4.69) is 12.2 Å². The monoisotopic (exact) mass is 279 g/mol. The van der Waals surface area contributed by atoms with Crippen molar-refractivity contribution < 1.29 is 9.50 Å². The van der Waals surface area contributed by atoms with Crippen LogP contribution in [0.15, 0.2) is 24.3 Å². The van der Waals surface area contributed by atoms with E-state index < -0.39 is 5.60 Å². The van der Waals surface area contributed by atoms with Gasteiger partial charge in [0.25, 0.3) is 0 Å². The maximum absolute atomic E-state index is 13.8. The van der Waals surface area contributed by atoms with Crippen LogP contribution in [-0.4, -0.2) is 17.3 Å². The van der Waals surface area contributed by atoms with Crippen molar-refractivity contribution in [3.63, 3.8) is 0 Å². The van der Waals surface area contributed by atoms with Crippen LogP contribution >= 0.6 is 0 Å². The number of rotatable bonds is 5. The van der Waals surface area contributed by atoms with Crippen LogP contribution in [0.3, 0.4) is 0 Å². The molecule has 0 aromatic heterocycles. The van der Waals surface area contributed by atoms with E-state index in [9.17, 15) is 9.50 Å². The fourth-order valence-corrected chi connectivity index (χ4v) is 3.02. The summed E-state index contributed by atoms with van der Waals surface area (Å²) in [6, 6.07) is 6.86. The quantitative estimate of drug-likeness (QED) is 0.859. The Labute approximate surface area is 121 Å². The lowest BCUT2D eigenvalue weighted by Gasteiger charge is -2.36. The van der Waals surface area contributed by atoms with Crippen LogP contribution < -0.4 is 5.32 Å². The molecule has 1 unspecified atom stereocenters. The lowest BCUT2D eigenvalue weighted by atomic mass is 9.79. The highest BCUT2D eigenvalue weighted by atomic mass is 19.1. The summed E-state index contributed by atoms with van der Waals surface area (Å²) in [6.07, 6.45) is 4.65. The Kier molecular flexibility index (Phi) is 5.17. The SMILES string of the molecule is CCC(NCC1(O)CCC(C)CC1)c1ccccc1F. The summed E-state index contributed by atoms with van der Waals surface area (Å²) in [4.78, 5) is 0. The molecule has 1 atom stereocenters. The van der Waals surface area contributed by atoms with Crippen molar-refractivity contribution in [3.05, 3.63) is 35.6 Å². The van der Waals surface area contributed by atoms with Crippen LogP contribution in [0.2, 0.25) is 0 Å². The summed E-state index contributed by atoms with van der Waals surface area (Å²) in [6.45, 7) is 4.82. The number of hydrogen-bond donors (Lipinski definition) is 2. The predicted octanol–water partition coefficient (Wildman–Crippen LogP) is 3.81. The van der Waals surface area contributed by atoms with Gasteiger partial charge in [0.2, 0.25) is 0 Å². The van der Waals surface area contributed by atoms with Gasteiger partial charge < -0.3 is 10.4 Å². The van der Waals surface area contributed by atoms with Gasteiger partial charge in [0.05, 0.1) is 5.60 Å². The molecule has 2 nitrogen and oxygen atoms in total. The first-order chi connectivity index (χ1) is 9.54. The molecule has 1 aliphatic rings. The average molecular weight is 279 g/mol. The van der Waals surface area contributed by atoms with Crippen molar-refractivity contribution in [3.8, 4) is 0 Å². The van der Waals surface area contributed by atoms with Gasteiger partial charge in [0.1, 0.15) is 5.82 Å². The van der Waals surface area contributed by atoms with Gasteiger partial charge in [-0.1, -0.05) is 32.0 Å². The van der Waals surface area contributed by atoms with E-state index in [0.717, 1.165) is 32.1 Å². The number of nitrogens with one attached hydrogen (secondary N) is 1. The van der Waals surface area contributed by atoms with Crippen LogP contribution in [0.25, 0.3) is 0 Å². The zero-order chi connectivity index (χ0) is 14.6. The van der Waals surface area contributed by atoms with Gasteiger partial charge >= 0.3 is 0 Å². The minimum Gasteiger partial charge on any atom is -0.389 e. The van der Waals surface area contributed by atoms with Gasteiger partial charge in [-0.05, 0) is 44.1 Å². The summed E-state index contributed by atoms with van der Waals surface area (Å²) in [5, 5.41) is 14.0. The lowest BCUT2D eigenvalue weighted by molar-refractivity contribution is -0.00838. The lowest BCUT2D eigenvalue weighted by Crippen LogP contribution is -2.44. The Hall–Kier alpha value is -0.930. The molecule has 0 amide bonds. The first-order valence-electron chi connectivity index (χ1n) is 7.74. The van der Waals surface area contributed by atoms with Crippen LogP contribution in [0.1, 0.15) is 57.6 Å². The van der Waals surface area contributed by atoms with E-state index in [1.807, 2.05) is 19.1 Å². The van der Waals surface area contributed by atoms with E-state index in [-0.39, 0.29) is 11.9 Å². The van der Waals surface area contributed by atoms with Crippen LogP contribution in [0.5, 0.6) is 0 Å². The Bertz CT molecular complexity index is 427. The summed E-state index contributed by atoms with van der Waals surface area (Å²) >= 11 is 0. The van der Waals surface area contributed by atoms with Crippen LogP contribution in [0.4, 0.5) is 4.39 Å². The minimum absolute atomic E-state index is 0.0282. The van der Waals surface area contributed by atoms with Gasteiger partial charge in [-0.25, -0.2) is 4.39 Å². The fourth-order valence-electron chi connectivity index (χ4n) is 3.02. The topological polar surface area (TPSA) is 32.3 Å². The Balaban J connectivity index is 1.96. The smallest absolute Gasteiger partial charge is 0.127 e. The summed E-state index contributed by atoms with van der Waals surface area (Å²) < 4.78 is 13.8. The van der Waals surface area contributed by atoms with Gasteiger partial charge in [-0.15, -0.1) is 0 Å².